The van der Waals surface area contributed by atoms with Gasteiger partial charge in [-0.05, 0) is 20.9 Å². The van der Waals surface area contributed by atoms with Crippen LogP contribution in [0.5, 0.6) is 0 Å². The van der Waals surface area contributed by atoms with Gasteiger partial charge in [0, 0.05) is 38.3 Å². The molecule has 0 aromatic carbocycles. The minimum absolute atomic E-state index is 0.631. The number of nitrogens with one attached hydrogen (secondary N) is 2. The van der Waals surface area contributed by atoms with Gasteiger partial charge in [0.1, 0.15) is 0 Å². The van der Waals surface area contributed by atoms with Crippen molar-refractivity contribution in [3.63, 3.8) is 0 Å². The second-order valence-corrected chi connectivity index (χ2v) is 3.80. The van der Waals surface area contributed by atoms with Crippen molar-refractivity contribution in [3.8, 4) is 0 Å². The van der Waals surface area contributed by atoms with Crippen LogP contribution in [0.2, 0.25) is 0 Å². The highest BCUT2D eigenvalue weighted by Crippen LogP contribution is 2.03. The molecule has 0 aromatic rings. The smallest absolute Gasteiger partial charge is 0.0320 e. The lowest BCUT2D eigenvalue weighted by molar-refractivity contribution is 0.161. The highest BCUT2D eigenvalue weighted by molar-refractivity contribution is 4.81. The lowest BCUT2D eigenvalue weighted by Gasteiger charge is -2.36. The fourth-order valence-corrected chi connectivity index (χ4v) is 1.70. The molecule has 0 bridgehead atoms. The average molecular weight is 171 g/mol. The van der Waals surface area contributed by atoms with Gasteiger partial charge in [-0.25, -0.2) is 0 Å². The van der Waals surface area contributed by atoms with E-state index in [9.17, 15) is 0 Å². The molecular formula is C9H21N3. The summed E-state index contributed by atoms with van der Waals surface area (Å²) in [6, 6.07) is 1.32. The SMILES string of the molecule is CNCC1CN(C(C)C)CCN1. The number of nitrogens with zero attached hydrogens (tertiary/aromatic N) is 1. The third kappa shape index (κ3) is 2.73. The van der Waals surface area contributed by atoms with Crippen LogP contribution in [0.3, 0.4) is 0 Å². The van der Waals surface area contributed by atoms with E-state index in [-0.39, 0.29) is 0 Å². The van der Waals surface area contributed by atoms with Gasteiger partial charge in [-0.1, -0.05) is 0 Å². The lowest BCUT2D eigenvalue weighted by atomic mass is 10.2. The highest BCUT2D eigenvalue weighted by Gasteiger charge is 2.19. The quantitative estimate of drug-likeness (QED) is 0.620. The van der Waals surface area contributed by atoms with Crippen molar-refractivity contribution in [1.29, 1.82) is 0 Å². The summed E-state index contributed by atoms with van der Waals surface area (Å²) in [6.07, 6.45) is 0. The van der Waals surface area contributed by atoms with Gasteiger partial charge in [0.15, 0.2) is 0 Å². The first-order valence-corrected chi connectivity index (χ1v) is 4.86. The van der Waals surface area contributed by atoms with Crippen molar-refractivity contribution in [2.24, 2.45) is 0 Å². The van der Waals surface area contributed by atoms with Crippen LogP contribution in [0.25, 0.3) is 0 Å². The van der Waals surface area contributed by atoms with Gasteiger partial charge in [-0.3, -0.25) is 4.90 Å². The van der Waals surface area contributed by atoms with Crippen molar-refractivity contribution in [2.45, 2.75) is 25.9 Å². The summed E-state index contributed by atoms with van der Waals surface area (Å²) in [4.78, 5) is 2.53. The van der Waals surface area contributed by atoms with Crippen molar-refractivity contribution in [3.05, 3.63) is 0 Å². The highest BCUT2D eigenvalue weighted by atomic mass is 15.2. The first-order chi connectivity index (χ1) is 5.74. The predicted molar refractivity (Wildman–Crippen MR) is 52.4 cm³/mol. The summed E-state index contributed by atoms with van der Waals surface area (Å²) in [5.74, 6) is 0. The molecule has 1 unspecified atom stereocenters. The zero-order valence-electron chi connectivity index (χ0n) is 8.43. The minimum atomic E-state index is 0.631. The maximum Gasteiger partial charge on any atom is 0.0320 e. The Morgan fingerprint density at radius 3 is 2.92 bits per heavy atom. The predicted octanol–water partition coefficient (Wildman–Crippen LogP) is -0.112. The maximum atomic E-state index is 3.50. The van der Waals surface area contributed by atoms with E-state index in [0.29, 0.717) is 12.1 Å². The topological polar surface area (TPSA) is 27.3 Å². The summed E-state index contributed by atoms with van der Waals surface area (Å²) in [5, 5.41) is 6.71. The van der Waals surface area contributed by atoms with E-state index in [0.717, 1.165) is 13.1 Å². The van der Waals surface area contributed by atoms with E-state index in [1.54, 1.807) is 0 Å². The Morgan fingerprint density at radius 2 is 2.33 bits per heavy atom. The van der Waals surface area contributed by atoms with E-state index in [2.05, 4.69) is 29.4 Å². The van der Waals surface area contributed by atoms with Gasteiger partial charge >= 0.3 is 0 Å². The molecule has 12 heavy (non-hydrogen) atoms. The molecule has 3 nitrogen and oxygen atoms in total. The van der Waals surface area contributed by atoms with E-state index >= 15 is 0 Å². The third-order valence-electron chi connectivity index (χ3n) is 2.47. The average Bonchev–Trinajstić information content (AvgIpc) is 2.05. The molecule has 1 aliphatic heterocycles. The Hall–Kier alpha value is -0.120. The number of hydrogen-bond acceptors (Lipinski definition) is 3. The lowest BCUT2D eigenvalue weighted by Crippen LogP contribution is -2.55. The van der Waals surface area contributed by atoms with Gasteiger partial charge in [0.2, 0.25) is 0 Å². The summed E-state index contributed by atoms with van der Waals surface area (Å²) < 4.78 is 0. The van der Waals surface area contributed by atoms with Crippen LogP contribution in [0.15, 0.2) is 0 Å². The van der Waals surface area contributed by atoms with Gasteiger partial charge < -0.3 is 10.6 Å². The van der Waals surface area contributed by atoms with Crippen molar-refractivity contribution in [1.82, 2.24) is 15.5 Å². The van der Waals surface area contributed by atoms with E-state index in [1.807, 2.05) is 7.05 Å². The van der Waals surface area contributed by atoms with Crippen molar-refractivity contribution < 1.29 is 0 Å². The van der Waals surface area contributed by atoms with Crippen molar-refractivity contribution >= 4 is 0 Å². The molecule has 0 spiro atoms. The Morgan fingerprint density at radius 1 is 1.58 bits per heavy atom. The zero-order chi connectivity index (χ0) is 8.97. The van der Waals surface area contributed by atoms with Crippen LogP contribution in [0, 0.1) is 0 Å². The molecule has 0 saturated carbocycles. The Bertz CT molecular complexity index is 123. The van der Waals surface area contributed by atoms with Crippen LogP contribution in [-0.2, 0) is 0 Å². The number of hydrogen-bond donors (Lipinski definition) is 2. The Balaban J connectivity index is 2.30. The molecule has 1 heterocycles. The number of piperazine rings is 1. The molecule has 0 aliphatic carbocycles. The van der Waals surface area contributed by atoms with Gasteiger partial charge in [0.25, 0.3) is 0 Å². The molecular weight excluding hydrogens is 150 g/mol. The summed E-state index contributed by atoms with van der Waals surface area (Å²) in [7, 11) is 2.01. The third-order valence-corrected chi connectivity index (χ3v) is 2.47. The molecule has 0 radical (unpaired) electrons. The van der Waals surface area contributed by atoms with Gasteiger partial charge in [-0.15, -0.1) is 0 Å². The zero-order valence-corrected chi connectivity index (χ0v) is 8.43. The minimum Gasteiger partial charge on any atom is -0.318 e. The molecule has 72 valence electrons. The summed E-state index contributed by atoms with van der Waals surface area (Å²) >= 11 is 0. The molecule has 0 amide bonds. The largest absolute Gasteiger partial charge is 0.318 e. The molecule has 1 saturated heterocycles. The summed E-state index contributed by atoms with van der Waals surface area (Å²) in [6.45, 7) is 9.10. The van der Waals surface area contributed by atoms with E-state index in [4.69, 9.17) is 0 Å². The number of likely N-dealkylation sites (N-methyl/N-ethyl adjacent to an activating group) is 1. The Labute approximate surface area is 75.5 Å². The molecule has 1 fully saturated rings. The normalized spacial score (nSPS) is 26.5. The second-order valence-electron chi connectivity index (χ2n) is 3.80. The molecule has 1 aliphatic rings. The van der Waals surface area contributed by atoms with Crippen LogP contribution >= 0.6 is 0 Å². The molecule has 3 heteroatoms. The van der Waals surface area contributed by atoms with Crippen LogP contribution < -0.4 is 10.6 Å². The monoisotopic (exact) mass is 171 g/mol. The maximum absolute atomic E-state index is 3.50. The van der Waals surface area contributed by atoms with Gasteiger partial charge in [-0.2, -0.15) is 0 Å². The molecule has 1 rings (SSSR count). The summed E-state index contributed by atoms with van der Waals surface area (Å²) in [5.41, 5.74) is 0. The van der Waals surface area contributed by atoms with Crippen LogP contribution in [-0.4, -0.2) is 50.2 Å². The number of rotatable bonds is 3. The fourth-order valence-electron chi connectivity index (χ4n) is 1.70. The van der Waals surface area contributed by atoms with E-state index in [1.165, 1.54) is 13.1 Å². The molecule has 2 N–H and O–H groups in total. The fraction of sp³-hybridized carbons (Fsp3) is 1.00. The molecule has 1 atom stereocenters. The first kappa shape index (κ1) is 9.96. The second kappa shape index (κ2) is 4.80. The Kier molecular flexibility index (Phi) is 3.98. The van der Waals surface area contributed by atoms with Crippen molar-refractivity contribution in [2.75, 3.05) is 33.2 Å². The van der Waals surface area contributed by atoms with Gasteiger partial charge in [0.05, 0.1) is 0 Å². The molecule has 0 aromatic heterocycles. The first-order valence-electron chi connectivity index (χ1n) is 4.86. The standard InChI is InChI=1S/C9H21N3/c1-8(2)12-5-4-11-9(7-12)6-10-3/h8-11H,4-7H2,1-3H3. The van der Waals surface area contributed by atoms with Crippen LogP contribution in [0.1, 0.15) is 13.8 Å². The van der Waals surface area contributed by atoms with Crippen LogP contribution in [0.4, 0.5) is 0 Å². The van der Waals surface area contributed by atoms with E-state index < -0.39 is 0 Å².